The van der Waals surface area contributed by atoms with Crippen LogP contribution in [0.5, 0.6) is 5.75 Å². The molecule has 4 rings (SSSR count). The Bertz CT molecular complexity index is 1150. The molecule has 0 aliphatic carbocycles. The Hall–Kier alpha value is -3.17. The summed E-state index contributed by atoms with van der Waals surface area (Å²) < 4.78 is 11.1. The van der Waals surface area contributed by atoms with Crippen molar-refractivity contribution in [2.45, 2.75) is 20.4 Å². The number of aryl methyl sites for hydroxylation is 2. The minimum absolute atomic E-state index is 0.428. The molecule has 1 aromatic carbocycles. The van der Waals surface area contributed by atoms with Gasteiger partial charge in [0.2, 0.25) is 0 Å². The van der Waals surface area contributed by atoms with Gasteiger partial charge in [-0.05, 0) is 38.1 Å². The number of methoxy groups -OCH3 is 1. The van der Waals surface area contributed by atoms with Crippen molar-refractivity contribution >= 4 is 28.1 Å². The van der Waals surface area contributed by atoms with Gasteiger partial charge in [-0.3, -0.25) is 0 Å². The van der Waals surface area contributed by atoms with E-state index in [0.717, 1.165) is 37.7 Å². The van der Waals surface area contributed by atoms with E-state index < -0.39 is 0 Å². The van der Waals surface area contributed by atoms with Crippen LogP contribution in [0.25, 0.3) is 21.5 Å². The number of nitrogens with one attached hydrogen (secondary N) is 1. The van der Waals surface area contributed by atoms with Crippen molar-refractivity contribution in [3.63, 3.8) is 0 Å². The van der Waals surface area contributed by atoms with Crippen LogP contribution >= 0.6 is 11.3 Å². The fourth-order valence-electron chi connectivity index (χ4n) is 2.93. The highest BCUT2D eigenvalue weighted by Crippen LogP contribution is 2.35. The molecule has 0 unspecified atom stereocenters. The van der Waals surface area contributed by atoms with Crippen LogP contribution in [0, 0.1) is 13.8 Å². The van der Waals surface area contributed by atoms with Crippen molar-refractivity contribution < 1.29 is 9.47 Å². The van der Waals surface area contributed by atoms with Gasteiger partial charge in [0.15, 0.2) is 0 Å². The maximum absolute atomic E-state index is 5.97. The third kappa shape index (κ3) is 4.52. The van der Waals surface area contributed by atoms with Crippen LogP contribution in [0.2, 0.25) is 0 Å². The zero-order valence-corrected chi connectivity index (χ0v) is 17.9. The molecule has 0 bridgehead atoms. The van der Waals surface area contributed by atoms with Gasteiger partial charge in [0.1, 0.15) is 35.0 Å². The van der Waals surface area contributed by atoms with E-state index in [1.165, 1.54) is 6.33 Å². The second-order valence-corrected chi connectivity index (χ2v) is 7.96. The van der Waals surface area contributed by atoms with Crippen LogP contribution in [0.4, 0.5) is 5.82 Å². The molecule has 3 aromatic heterocycles. The molecule has 4 aromatic rings. The number of benzene rings is 1. The molecule has 0 fully saturated rings. The van der Waals surface area contributed by atoms with Gasteiger partial charge in [-0.1, -0.05) is 0 Å². The van der Waals surface area contributed by atoms with Crippen molar-refractivity contribution in [3.8, 4) is 16.3 Å². The number of nitrogens with zero attached hydrogens (tertiary/aromatic N) is 5. The van der Waals surface area contributed by atoms with Gasteiger partial charge in [-0.15, -0.1) is 11.3 Å². The number of ether oxygens (including phenoxy) is 2. The van der Waals surface area contributed by atoms with Gasteiger partial charge in [0.25, 0.3) is 0 Å². The van der Waals surface area contributed by atoms with Crippen LogP contribution in [0.3, 0.4) is 0 Å². The molecule has 0 saturated heterocycles. The second kappa shape index (κ2) is 9.10. The summed E-state index contributed by atoms with van der Waals surface area (Å²) in [6.07, 6.45) is 3.40. The molecule has 0 atom stereocenters. The Morgan fingerprint density at radius 2 is 1.93 bits per heavy atom. The molecular weight excluding hydrogens is 400 g/mol. The lowest BCUT2D eigenvalue weighted by Crippen LogP contribution is -2.07. The summed E-state index contributed by atoms with van der Waals surface area (Å²) in [7, 11) is 1.65. The van der Waals surface area contributed by atoms with E-state index >= 15 is 0 Å². The molecule has 0 amide bonds. The van der Waals surface area contributed by atoms with Crippen molar-refractivity contribution in [2.24, 2.45) is 0 Å². The number of anilines is 1. The molecule has 1 N–H and O–H groups in total. The number of rotatable bonds is 8. The molecule has 0 saturated carbocycles. The van der Waals surface area contributed by atoms with Crippen LogP contribution in [-0.2, 0) is 11.3 Å². The van der Waals surface area contributed by atoms with Gasteiger partial charge in [0.05, 0.1) is 24.5 Å². The highest BCUT2D eigenvalue weighted by atomic mass is 32.1. The Morgan fingerprint density at radius 3 is 2.67 bits per heavy atom. The maximum atomic E-state index is 5.97. The number of hydrogen-bond acceptors (Lipinski definition) is 9. The first kappa shape index (κ1) is 20.1. The largest absolute Gasteiger partial charge is 0.489 e. The van der Waals surface area contributed by atoms with Crippen LogP contribution in [0.1, 0.15) is 16.3 Å². The van der Waals surface area contributed by atoms with Crippen molar-refractivity contribution in [1.29, 1.82) is 0 Å². The van der Waals surface area contributed by atoms with E-state index in [1.807, 2.05) is 44.3 Å². The Labute approximate surface area is 178 Å². The van der Waals surface area contributed by atoms with E-state index in [9.17, 15) is 0 Å². The molecule has 8 nitrogen and oxygen atoms in total. The van der Waals surface area contributed by atoms with E-state index in [1.54, 1.807) is 18.4 Å². The Morgan fingerprint density at radius 1 is 1.03 bits per heavy atom. The standard InChI is InChI=1S/C21H22N6O2S/c1-13-4-5-16(27-26-13)11-22-20-17-8-15(21-23-10-14(2)30-21)9-18(29-7-6-28-3)19(17)24-12-25-20/h4-5,8-10,12H,6-7,11H2,1-3H3,(H,22,24,25). The summed E-state index contributed by atoms with van der Waals surface area (Å²) in [5.74, 6) is 1.38. The van der Waals surface area contributed by atoms with Crippen LogP contribution in [-0.4, -0.2) is 45.5 Å². The SMILES string of the molecule is COCCOc1cc(-c2ncc(C)s2)cc2c(NCc3ccc(C)nn3)ncnc12. The van der Waals surface area contributed by atoms with E-state index in [0.29, 0.717) is 31.3 Å². The molecule has 30 heavy (non-hydrogen) atoms. The highest BCUT2D eigenvalue weighted by molar-refractivity contribution is 7.14. The molecular formula is C21H22N6O2S. The van der Waals surface area contributed by atoms with Crippen molar-refractivity contribution in [2.75, 3.05) is 25.6 Å². The highest BCUT2D eigenvalue weighted by Gasteiger charge is 2.14. The minimum Gasteiger partial charge on any atom is -0.489 e. The van der Waals surface area contributed by atoms with Gasteiger partial charge < -0.3 is 14.8 Å². The molecule has 0 aliphatic heterocycles. The van der Waals surface area contributed by atoms with E-state index in [2.05, 4.69) is 30.5 Å². The molecule has 154 valence electrons. The zero-order valence-electron chi connectivity index (χ0n) is 17.0. The lowest BCUT2D eigenvalue weighted by Gasteiger charge is -2.13. The molecule has 0 aliphatic rings. The first-order valence-corrected chi connectivity index (χ1v) is 10.3. The predicted octanol–water partition coefficient (Wildman–Crippen LogP) is 3.80. The van der Waals surface area contributed by atoms with Crippen LogP contribution in [0.15, 0.2) is 36.8 Å². The summed E-state index contributed by atoms with van der Waals surface area (Å²) in [5.41, 5.74) is 3.40. The number of hydrogen-bond donors (Lipinski definition) is 1. The van der Waals surface area contributed by atoms with Gasteiger partial charge in [-0.25, -0.2) is 15.0 Å². The molecule has 3 heterocycles. The summed E-state index contributed by atoms with van der Waals surface area (Å²) >= 11 is 1.63. The first-order valence-electron chi connectivity index (χ1n) is 9.50. The normalized spacial score (nSPS) is 11.0. The molecule has 0 spiro atoms. The lowest BCUT2D eigenvalue weighted by atomic mass is 10.1. The summed E-state index contributed by atoms with van der Waals surface area (Å²) in [6, 6.07) is 7.90. The average molecular weight is 423 g/mol. The zero-order chi connectivity index (χ0) is 20.9. The lowest BCUT2D eigenvalue weighted by molar-refractivity contribution is 0.147. The van der Waals surface area contributed by atoms with Crippen molar-refractivity contribution in [3.05, 3.63) is 53.1 Å². The quantitative estimate of drug-likeness (QED) is 0.429. The fourth-order valence-corrected chi connectivity index (χ4v) is 3.68. The topological polar surface area (TPSA) is 94.9 Å². The predicted molar refractivity (Wildman–Crippen MR) is 117 cm³/mol. The van der Waals surface area contributed by atoms with Gasteiger partial charge >= 0.3 is 0 Å². The molecule has 9 heteroatoms. The van der Waals surface area contributed by atoms with Gasteiger partial charge in [0, 0.05) is 29.1 Å². The minimum atomic E-state index is 0.428. The van der Waals surface area contributed by atoms with Crippen molar-refractivity contribution in [1.82, 2.24) is 25.1 Å². The summed E-state index contributed by atoms with van der Waals surface area (Å²) in [5, 5.41) is 13.4. The first-order chi connectivity index (χ1) is 14.6. The van der Waals surface area contributed by atoms with Crippen LogP contribution < -0.4 is 10.1 Å². The maximum Gasteiger partial charge on any atom is 0.146 e. The number of thiazole rings is 1. The summed E-state index contributed by atoms with van der Waals surface area (Å²) in [4.78, 5) is 14.6. The second-order valence-electron chi connectivity index (χ2n) is 6.73. The smallest absolute Gasteiger partial charge is 0.146 e. The van der Waals surface area contributed by atoms with Gasteiger partial charge in [-0.2, -0.15) is 10.2 Å². The summed E-state index contributed by atoms with van der Waals surface area (Å²) in [6.45, 7) is 5.37. The monoisotopic (exact) mass is 422 g/mol. The van der Waals surface area contributed by atoms with E-state index in [-0.39, 0.29) is 0 Å². The number of fused-ring (bicyclic) bond motifs is 1. The third-order valence-electron chi connectivity index (χ3n) is 4.41. The fraction of sp³-hybridized carbons (Fsp3) is 0.286. The number of aromatic nitrogens is 5. The molecule has 0 radical (unpaired) electrons. The third-order valence-corrected chi connectivity index (χ3v) is 5.37. The average Bonchev–Trinajstić information content (AvgIpc) is 3.20. The Balaban J connectivity index is 1.72. The Kier molecular flexibility index (Phi) is 6.10. The van der Waals surface area contributed by atoms with E-state index in [4.69, 9.17) is 9.47 Å².